The normalized spacial score (nSPS) is 18.4. The fraction of sp³-hybridized carbons (Fsp3) is 0.533. The zero-order chi connectivity index (χ0) is 13.3. The van der Waals surface area contributed by atoms with Crippen LogP contribution in [0.25, 0.3) is 0 Å². The molecule has 0 bridgehead atoms. The van der Waals surface area contributed by atoms with E-state index in [1.807, 2.05) is 6.92 Å². The van der Waals surface area contributed by atoms with Crippen molar-refractivity contribution in [2.24, 2.45) is 5.92 Å². The molecule has 1 aromatic rings. The first-order chi connectivity index (χ1) is 8.49. The topological polar surface area (TPSA) is 49.3 Å². The molecule has 0 spiro atoms. The van der Waals surface area contributed by atoms with Crippen LogP contribution in [0.5, 0.6) is 0 Å². The number of hydrogen-bond donors (Lipinski definition) is 2. The molecule has 2 rings (SSSR count). The highest BCUT2D eigenvalue weighted by atomic mass is 16.4. The van der Waals surface area contributed by atoms with Crippen LogP contribution in [0.15, 0.2) is 18.2 Å². The maximum absolute atomic E-state index is 11.2. The van der Waals surface area contributed by atoms with Crippen molar-refractivity contribution in [2.75, 3.05) is 0 Å². The first kappa shape index (κ1) is 13.1. The molecule has 0 aromatic heterocycles. The Balaban J connectivity index is 2.12. The van der Waals surface area contributed by atoms with Crippen LogP contribution < -0.4 is 5.32 Å². The highest BCUT2D eigenvalue weighted by Gasteiger charge is 2.36. The Kier molecular flexibility index (Phi) is 3.71. The van der Waals surface area contributed by atoms with Gasteiger partial charge in [-0.25, -0.2) is 0 Å². The highest BCUT2D eigenvalue weighted by molar-refractivity contribution is 5.74. The molecule has 98 valence electrons. The number of hydrogen-bond acceptors (Lipinski definition) is 2. The number of carboxylic acid groups (broad SMARTS) is 1. The van der Waals surface area contributed by atoms with Gasteiger partial charge in [0.15, 0.2) is 0 Å². The van der Waals surface area contributed by atoms with Crippen LogP contribution in [-0.2, 0) is 4.79 Å². The number of nitrogens with one attached hydrogen (secondary N) is 1. The van der Waals surface area contributed by atoms with Gasteiger partial charge >= 0.3 is 5.97 Å². The number of carboxylic acids is 1. The zero-order valence-corrected chi connectivity index (χ0v) is 11.2. The van der Waals surface area contributed by atoms with Gasteiger partial charge in [-0.1, -0.05) is 23.8 Å². The summed E-state index contributed by atoms with van der Waals surface area (Å²) in [5, 5.41) is 12.5. The van der Waals surface area contributed by atoms with E-state index in [1.165, 1.54) is 16.7 Å². The van der Waals surface area contributed by atoms with Gasteiger partial charge in [-0.3, -0.25) is 10.1 Å². The van der Waals surface area contributed by atoms with Gasteiger partial charge < -0.3 is 5.11 Å². The third kappa shape index (κ3) is 2.91. The lowest BCUT2D eigenvalue weighted by Crippen LogP contribution is -2.40. The molecule has 2 atom stereocenters. The van der Waals surface area contributed by atoms with Crippen LogP contribution in [0.4, 0.5) is 0 Å². The molecule has 1 saturated carbocycles. The molecule has 1 aliphatic rings. The molecule has 1 aliphatic carbocycles. The van der Waals surface area contributed by atoms with E-state index in [0.717, 1.165) is 12.8 Å². The van der Waals surface area contributed by atoms with E-state index in [9.17, 15) is 9.90 Å². The molecule has 3 heteroatoms. The SMILES string of the molecule is Cc1ccc(C)c(C(C)NC(C(=O)O)C2CC2)c1. The van der Waals surface area contributed by atoms with Crippen LogP contribution in [0.1, 0.15) is 42.5 Å². The zero-order valence-electron chi connectivity index (χ0n) is 11.2. The third-order valence-corrected chi connectivity index (χ3v) is 3.69. The maximum Gasteiger partial charge on any atom is 0.320 e. The predicted octanol–water partition coefficient (Wildman–Crippen LogP) is 2.82. The molecule has 3 nitrogen and oxygen atoms in total. The van der Waals surface area contributed by atoms with E-state index in [-0.39, 0.29) is 6.04 Å². The molecular weight excluding hydrogens is 226 g/mol. The molecule has 0 saturated heterocycles. The summed E-state index contributed by atoms with van der Waals surface area (Å²) in [5.74, 6) is -0.412. The predicted molar refractivity (Wildman–Crippen MR) is 71.6 cm³/mol. The van der Waals surface area contributed by atoms with Crippen LogP contribution >= 0.6 is 0 Å². The number of rotatable bonds is 5. The second-order valence-electron chi connectivity index (χ2n) is 5.40. The maximum atomic E-state index is 11.2. The van der Waals surface area contributed by atoms with Crippen molar-refractivity contribution in [1.82, 2.24) is 5.32 Å². The average Bonchev–Trinajstić information content (AvgIpc) is 3.12. The highest BCUT2D eigenvalue weighted by Crippen LogP contribution is 2.34. The van der Waals surface area contributed by atoms with Crippen molar-refractivity contribution in [3.63, 3.8) is 0 Å². The molecule has 0 aliphatic heterocycles. The smallest absolute Gasteiger partial charge is 0.320 e. The van der Waals surface area contributed by atoms with E-state index in [1.54, 1.807) is 0 Å². The van der Waals surface area contributed by atoms with Gasteiger partial charge in [-0.05, 0) is 50.7 Å². The number of aliphatic carboxylic acids is 1. The third-order valence-electron chi connectivity index (χ3n) is 3.69. The summed E-state index contributed by atoms with van der Waals surface area (Å²) >= 11 is 0. The number of carbonyl (C=O) groups is 1. The van der Waals surface area contributed by atoms with Gasteiger partial charge in [0.25, 0.3) is 0 Å². The van der Waals surface area contributed by atoms with Crippen LogP contribution in [0, 0.1) is 19.8 Å². The summed E-state index contributed by atoms with van der Waals surface area (Å²) in [6.07, 6.45) is 2.06. The minimum absolute atomic E-state index is 0.0756. The molecule has 0 radical (unpaired) electrons. The Morgan fingerprint density at radius 2 is 2.06 bits per heavy atom. The Hall–Kier alpha value is -1.35. The van der Waals surface area contributed by atoms with Crippen molar-refractivity contribution < 1.29 is 9.90 Å². The van der Waals surface area contributed by atoms with Crippen LogP contribution in [-0.4, -0.2) is 17.1 Å². The molecule has 0 amide bonds. The molecule has 1 fully saturated rings. The fourth-order valence-corrected chi connectivity index (χ4v) is 2.42. The Labute approximate surface area is 108 Å². The first-order valence-electron chi connectivity index (χ1n) is 6.55. The van der Waals surface area contributed by atoms with E-state index in [2.05, 4.69) is 37.4 Å². The van der Waals surface area contributed by atoms with Crippen molar-refractivity contribution in [2.45, 2.75) is 45.7 Å². The summed E-state index contributed by atoms with van der Waals surface area (Å²) in [4.78, 5) is 11.2. The van der Waals surface area contributed by atoms with Gasteiger partial charge in [0.05, 0.1) is 0 Å². The van der Waals surface area contributed by atoms with Gasteiger partial charge in [0, 0.05) is 6.04 Å². The van der Waals surface area contributed by atoms with Gasteiger partial charge in [-0.15, -0.1) is 0 Å². The lowest BCUT2D eigenvalue weighted by atomic mass is 9.99. The molecule has 0 heterocycles. The van der Waals surface area contributed by atoms with Gasteiger partial charge in [-0.2, -0.15) is 0 Å². The van der Waals surface area contributed by atoms with Crippen LogP contribution in [0.2, 0.25) is 0 Å². The Morgan fingerprint density at radius 1 is 1.39 bits per heavy atom. The molecule has 2 unspecified atom stereocenters. The lowest BCUT2D eigenvalue weighted by molar-refractivity contribution is -0.140. The quantitative estimate of drug-likeness (QED) is 0.841. The number of aryl methyl sites for hydroxylation is 2. The molecule has 1 aromatic carbocycles. The summed E-state index contributed by atoms with van der Waals surface area (Å²) in [7, 11) is 0. The fourth-order valence-electron chi connectivity index (χ4n) is 2.42. The van der Waals surface area contributed by atoms with Crippen molar-refractivity contribution >= 4 is 5.97 Å². The second-order valence-corrected chi connectivity index (χ2v) is 5.40. The summed E-state index contributed by atoms with van der Waals surface area (Å²) in [5.41, 5.74) is 3.62. The van der Waals surface area contributed by atoms with Crippen LogP contribution in [0.3, 0.4) is 0 Å². The second kappa shape index (κ2) is 5.11. The standard InChI is InChI=1S/C15H21NO2/c1-9-4-5-10(2)13(8-9)11(3)16-14(15(17)18)12-6-7-12/h4-5,8,11-12,14,16H,6-7H2,1-3H3,(H,17,18). The first-order valence-corrected chi connectivity index (χ1v) is 6.55. The lowest BCUT2D eigenvalue weighted by Gasteiger charge is -2.22. The van der Waals surface area contributed by atoms with Crippen molar-refractivity contribution in [1.29, 1.82) is 0 Å². The average molecular weight is 247 g/mol. The molecule has 18 heavy (non-hydrogen) atoms. The van der Waals surface area contributed by atoms with Crippen molar-refractivity contribution in [3.05, 3.63) is 34.9 Å². The summed E-state index contributed by atoms with van der Waals surface area (Å²) in [6.45, 7) is 6.17. The minimum atomic E-state index is -0.727. The minimum Gasteiger partial charge on any atom is -0.480 e. The molecule has 2 N–H and O–H groups in total. The van der Waals surface area contributed by atoms with E-state index in [4.69, 9.17) is 0 Å². The van der Waals surface area contributed by atoms with E-state index >= 15 is 0 Å². The van der Waals surface area contributed by atoms with E-state index in [0.29, 0.717) is 5.92 Å². The largest absolute Gasteiger partial charge is 0.480 e. The van der Waals surface area contributed by atoms with Gasteiger partial charge in [0.2, 0.25) is 0 Å². The van der Waals surface area contributed by atoms with Crippen molar-refractivity contribution in [3.8, 4) is 0 Å². The molecular formula is C15H21NO2. The summed E-state index contributed by atoms with van der Waals surface area (Å²) < 4.78 is 0. The monoisotopic (exact) mass is 247 g/mol. The van der Waals surface area contributed by atoms with Gasteiger partial charge in [0.1, 0.15) is 6.04 Å². The summed E-state index contributed by atoms with van der Waals surface area (Å²) in [6, 6.07) is 5.99. The van der Waals surface area contributed by atoms with E-state index < -0.39 is 12.0 Å². The Morgan fingerprint density at radius 3 is 2.61 bits per heavy atom. The number of benzene rings is 1. The Bertz CT molecular complexity index is 452.